The minimum Gasteiger partial charge on any atom is -0.486 e. The smallest absolute Gasteiger partial charge is 0.205 e. The highest BCUT2D eigenvalue weighted by Gasteiger charge is 2.30. The maximum atomic E-state index is 14.8. The number of hydrogen-bond acceptors (Lipinski definition) is 10. The standard InChI is InChI=1S/C28H25F2N5O5S/c1-41(37,38)8-7-31-13-20-11-25(36)27(40-20)23-12-21-24(14-32-23)33-16-34-28(21)35-19-5-6-26(22(30)10-19)39-15-17-3-2-4-18(29)9-17/h2-6,9-12,14,16,27,31H,7-8,13,15H2,1H3,(H,33,34,35). The number of rotatable bonds is 11. The molecule has 0 amide bonds. The van der Waals surface area contributed by atoms with Crippen LogP contribution in [0.25, 0.3) is 10.9 Å². The fourth-order valence-electron chi connectivity index (χ4n) is 4.08. The second-order valence-corrected chi connectivity index (χ2v) is 11.6. The second-order valence-electron chi connectivity index (χ2n) is 9.35. The Morgan fingerprint density at radius 2 is 1.93 bits per heavy atom. The third-order valence-corrected chi connectivity index (χ3v) is 7.01. The molecule has 3 heterocycles. The summed E-state index contributed by atoms with van der Waals surface area (Å²) < 4.78 is 62.0. The van der Waals surface area contributed by atoms with Gasteiger partial charge in [0.1, 0.15) is 40.2 Å². The number of sulfone groups is 1. The number of carbonyl (C=O) groups is 1. The molecule has 0 aliphatic carbocycles. The monoisotopic (exact) mass is 581 g/mol. The van der Waals surface area contributed by atoms with Crippen molar-refractivity contribution >= 4 is 38.0 Å². The number of nitrogens with one attached hydrogen (secondary N) is 2. The van der Waals surface area contributed by atoms with E-state index in [1.807, 2.05) is 0 Å². The highest BCUT2D eigenvalue weighted by atomic mass is 32.2. The molecular formula is C28H25F2N5O5S. The first kappa shape index (κ1) is 28.1. The molecule has 0 saturated heterocycles. The van der Waals surface area contributed by atoms with Crippen LogP contribution in [0.2, 0.25) is 0 Å². The van der Waals surface area contributed by atoms with Gasteiger partial charge in [-0.05, 0) is 35.9 Å². The number of aromatic nitrogens is 3. The molecule has 0 fully saturated rings. The number of benzene rings is 2. The van der Waals surface area contributed by atoms with Crippen molar-refractivity contribution in [3.05, 3.63) is 95.8 Å². The van der Waals surface area contributed by atoms with Crippen molar-refractivity contribution in [3.63, 3.8) is 0 Å². The lowest BCUT2D eigenvalue weighted by atomic mass is 10.1. The van der Waals surface area contributed by atoms with Crippen molar-refractivity contribution in [1.29, 1.82) is 0 Å². The summed E-state index contributed by atoms with van der Waals surface area (Å²) in [6.07, 6.45) is 4.34. The summed E-state index contributed by atoms with van der Waals surface area (Å²) in [4.78, 5) is 25.5. The van der Waals surface area contributed by atoms with E-state index in [2.05, 4.69) is 25.6 Å². The van der Waals surface area contributed by atoms with Crippen molar-refractivity contribution in [3.8, 4) is 5.75 Å². The molecule has 10 nitrogen and oxygen atoms in total. The number of hydrogen-bond donors (Lipinski definition) is 2. The minimum absolute atomic E-state index is 0.00300. The molecule has 0 spiro atoms. The van der Waals surface area contributed by atoms with Crippen LogP contribution in [0.3, 0.4) is 0 Å². The van der Waals surface area contributed by atoms with Crippen LogP contribution in [0.5, 0.6) is 5.75 Å². The molecule has 0 radical (unpaired) electrons. The molecule has 0 saturated carbocycles. The topological polar surface area (TPSA) is 132 Å². The Morgan fingerprint density at radius 3 is 2.71 bits per heavy atom. The third kappa shape index (κ3) is 7.18. The molecule has 212 valence electrons. The van der Waals surface area contributed by atoms with Crippen molar-refractivity contribution in [2.24, 2.45) is 0 Å². The molecular weight excluding hydrogens is 556 g/mol. The van der Waals surface area contributed by atoms with Crippen LogP contribution in [0.4, 0.5) is 20.3 Å². The summed E-state index contributed by atoms with van der Waals surface area (Å²) in [5.74, 6) is -0.639. The molecule has 1 unspecified atom stereocenters. The maximum Gasteiger partial charge on any atom is 0.205 e. The van der Waals surface area contributed by atoms with Crippen LogP contribution in [-0.2, 0) is 26.0 Å². The highest BCUT2D eigenvalue weighted by Crippen LogP contribution is 2.31. The van der Waals surface area contributed by atoms with Crippen molar-refractivity contribution in [1.82, 2.24) is 20.3 Å². The van der Waals surface area contributed by atoms with Crippen LogP contribution < -0.4 is 15.4 Å². The fraction of sp³-hybridized carbons (Fsp3) is 0.214. The number of fused-ring (bicyclic) bond motifs is 1. The lowest BCUT2D eigenvalue weighted by molar-refractivity contribution is -0.121. The lowest BCUT2D eigenvalue weighted by Crippen LogP contribution is -2.24. The molecule has 2 N–H and O–H groups in total. The largest absolute Gasteiger partial charge is 0.486 e. The maximum absolute atomic E-state index is 14.8. The highest BCUT2D eigenvalue weighted by molar-refractivity contribution is 7.90. The fourth-order valence-corrected chi connectivity index (χ4v) is 4.60. The normalized spacial score (nSPS) is 15.0. The van der Waals surface area contributed by atoms with Gasteiger partial charge in [-0.15, -0.1) is 0 Å². The van der Waals surface area contributed by atoms with Crippen molar-refractivity contribution < 1.29 is 31.5 Å². The van der Waals surface area contributed by atoms with Gasteiger partial charge in [-0.2, -0.15) is 0 Å². The van der Waals surface area contributed by atoms with Crippen LogP contribution >= 0.6 is 0 Å². The molecule has 13 heteroatoms. The summed E-state index contributed by atoms with van der Waals surface area (Å²) in [5, 5.41) is 6.53. The third-order valence-electron chi connectivity index (χ3n) is 6.07. The van der Waals surface area contributed by atoms with E-state index < -0.39 is 27.6 Å². The predicted molar refractivity (Wildman–Crippen MR) is 147 cm³/mol. The molecule has 5 rings (SSSR count). The van der Waals surface area contributed by atoms with E-state index in [4.69, 9.17) is 9.47 Å². The molecule has 1 aliphatic heterocycles. The van der Waals surface area contributed by atoms with Crippen LogP contribution in [0.1, 0.15) is 17.4 Å². The van der Waals surface area contributed by atoms with Gasteiger partial charge >= 0.3 is 0 Å². The van der Waals surface area contributed by atoms with Gasteiger partial charge in [0.25, 0.3) is 0 Å². The van der Waals surface area contributed by atoms with Crippen LogP contribution in [-0.4, -0.2) is 54.3 Å². The first-order valence-electron chi connectivity index (χ1n) is 12.5. The summed E-state index contributed by atoms with van der Waals surface area (Å²) in [5.41, 5.74) is 1.77. The Kier molecular flexibility index (Phi) is 8.17. The molecule has 1 aliphatic rings. The second kappa shape index (κ2) is 11.9. The van der Waals surface area contributed by atoms with E-state index in [-0.39, 0.29) is 37.0 Å². The van der Waals surface area contributed by atoms with Gasteiger partial charge in [-0.3, -0.25) is 9.78 Å². The first-order valence-corrected chi connectivity index (χ1v) is 14.5. The number of pyridine rings is 1. The van der Waals surface area contributed by atoms with E-state index in [0.29, 0.717) is 39.4 Å². The molecule has 2 aromatic carbocycles. The number of ether oxygens (including phenoxy) is 2. The zero-order valence-electron chi connectivity index (χ0n) is 21.8. The van der Waals surface area contributed by atoms with Gasteiger partial charge in [0.15, 0.2) is 11.6 Å². The Morgan fingerprint density at radius 1 is 1.07 bits per heavy atom. The Balaban J connectivity index is 1.27. The number of nitrogens with zero attached hydrogens (tertiary/aromatic N) is 3. The molecule has 2 aromatic heterocycles. The quantitative estimate of drug-likeness (QED) is 0.252. The van der Waals surface area contributed by atoms with Gasteiger partial charge in [0, 0.05) is 36.0 Å². The van der Waals surface area contributed by atoms with Gasteiger partial charge < -0.3 is 20.1 Å². The summed E-state index contributed by atoms with van der Waals surface area (Å²) in [6.45, 7) is 0.414. The summed E-state index contributed by atoms with van der Waals surface area (Å²) in [7, 11) is -3.11. The van der Waals surface area contributed by atoms with Gasteiger partial charge in [-0.25, -0.2) is 27.2 Å². The first-order chi connectivity index (χ1) is 19.6. The predicted octanol–water partition coefficient (Wildman–Crippen LogP) is 3.78. The Bertz CT molecular complexity index is 1750. The van der Waals surface area contributed by atoms with Gasteiger partial charge in [0.05, 0.1) is 29.7 Å². The van der Waals surface area contributed by atoms with Gasteiger partial charge in [0.2, 0.25) is 11.9 Å². The summed E-state index contributed by atoms with van der Waals surface area (Å²) >= 11 is 0. The number of carbonyl (C=O) groups excluding carboxylic acids is 1. The van der Waals surface area contributed by atoms with Crippen LogP contribution in [0, 0.1) is 11.6 Å². The van der Waals surface area contributed by atoms with Crippen molar-refractivity contribution in [2.45, 2.75) is 12.7 Å². The molecule has 4 aromatic rings. The molecule has 0 bridgehead atoms. The average Bonchev–Trinajstić information content (AvgIpc) is 3.30. The number of ketones is 1. The van der Waals surface area contributed by atoms with E-state index >= 15 is 0 Å². The SMILES string of the molecule is CS(=O)(=O)CCNCC1=CC(=O)C(c2cc3c(Nc4ccc(OCc5cccc(F)c5)c(F)c4)ncnc3cn2)O1. The number of anilines is 2. The summed E-state index contributed by atoms with van der Waals surface area (Å²) in [6, 6.07) is 11.8. The van der Waals surface area contributed by atoms with Crippen molar-refractivity contribution in [2.75, 3.05) is 30.4 Å². The molecule has 1 atom stereocenters. The van der Waals surface area contributed by atoms with E-state index in [1.165, 1.54) is 42.9 Å². The van der Waals surface area contributed by atoms with Gasteiger partial charge in [-0.1, -0.05) is 12.1 Å². The molecule has 41 heavy (non-hydrogen) atoms. The van der Waals surface area contributed by atoms with E-state index in [1.54, 1.807) is 24.3 Å². The minimum atomic E-state index is -3.11. The average molecular weight is 582 g/mol. The number of halogens is 2. The zero-order chi connectivity index (χ0) is 29.0. The van der Waals surface area contributed by atoms with E-state index in [0.717, 1.165) is 6.26 Å². The zero-order valence-corrected chi connectivity index (χ0v) is 22.6. The van der Waals surface area contributed by atoms with Crippen LogP contribution in [0.15, 0.2) is 72.9 Å². The lowest BCUT2D eigenvalue weighted by Gasteiger charge is -2.14. The van der Waals surface area contributed by atoms with E-state index in [9.17, 15) is 22.0 Å². The Hall–Kier alpha value is -4.49. The Labute approximate surface area is 234 Å².